The van der Waals surface area contributed by atoms with Crippen molar-refractivity contribution in [1.29, 1.82) is 0 Å². The van der Waals surface area contributed by atoms with E-state index in [1.165, 1.54) is 5.56 Å². The maximum atomic E-state index is 12.8. The van der Waals surface area contributed by atoms with Gasteiger partial charge in [-0.2, -0.15) is 0 Å². The standard InChI is InChI=1S/C21H31N3O4/c1-16(21(26)27)24(18-6-7-18)15-20(25)23-11-3-10-22(12-13-23)14-17-4-8-19(28-2)9-5-17/h4-5,8-9,16,18H,3,6-7,10-15H2,1-2H3,(H,26,27). The van der Waals surface area contributed by atoms with Gasteiger partial charge in [-0.05, 0) is 43.9 Å². The van der Waals surface area contributed by atoms with E-state index in [0.717, 1.165) is 51.2 Å². The molecule has 28 heavy (non-hydrogen) atoms. The lowest BCUT2D eigenvalue weighted by Crippen LogP contribution is -2.48. The highest BCUT2D eigenvalue weighted by atomic mass is 16.5. The van der Waals surface area contributed by atoms with Gasteiger partial charge >= 0.3 is 5.97 Å². The molecule has 1 unspecified atom stereocenters. The quantitative estimate of drug-likeness (QED) is 0.729. The topological polar surface area (TPSA) is 73.3 Å². The Morgan fingerprint density at radius 1 is 1.18 bits per heavy atom. The zero-order valence-electron chi connectivity index (χ0n) is 16.8. The third kappa shape index (κ3) is 5.45. The maximum absolute atomic E-state index is 12.8. The summed E-state index contributed by atoms with van der Waals surface area (Å²) in [5.41, 5.74) is 1.23. The van der Waals surface area contributed by atoms with Crippen molar-refractivity contribution in [3.05, 3.63) is 29.8 Å². The second kappa shape index (κ2) is 9.39. The number of nitrogens with zero attached hydrogens (tertiary/aromatic N) is 3. The fourth-order valence-electron chi connectivity index (χ4n) is 3.75. The van der Waals surface area contributed by atoms with E-state index in [2.05, 4.69) is 17.0 Å². The van der Waals surface area contributed by atoms with Gasteiger partial charge < -0.3 is 14.7 Å². The summed E-state index contributed by atoms with van der Waals surface area (Å²) in [6.45, 7) is 5.94. The first-order valence-corrected chi connectivity index (χ1v) is 10.1. The van der Waals surface area contributed by atoms with Gasteiger partial charge in [0.05, 0.1) is 13.7 Å². The number of methoxy groups -OCH3 is 1. The number of carbonyl (C=O) groups is 2. The van der Waals surface area contributed by atoms with Crippen LogP contribution < -0.4 is 4.74 Å². The summed E-state index contributed by atoms with van der Waals surface area (Å²) >= 11 is 0. The molecule has 1 saturated carbocycles. The van der Waals surface area contributed by atoms with Crippen LogP contribution in [0.15, 0.2) is 24.3 Å². The summed E-state index contributed by atoms with van der Waals surface area (Å²) in [6, 6.07) is 7.72. The number of benzene rings is 1. The number of amides is 1. The van der Waals surface area contributed by atoms with Gasteiger partial charge in [-0.25, -0.2) is 0 Å². The van der Waals surface area contributed by atoms with Crippen LogP contribution in [0.4, 0.5) is 0 Å². The summed E-state index contributed by atoms with van der Waals surface area (Å²) in [5.74, 6) is 0.0414. The molecule has 7 heteroatoms. The first kappa shape index (κ1) is 20.6. The second-order valence-electron chi connectivity index (χ2n) is 7.78. The minimum absolute atomic E-state index is 0.0475. The van der Waals surface area contributed by atoms with E-state index >= 15 is 0 Å². The van der Waals surface area contributed by atoms with Gasteiger partial charge in [-0.15, -0.1) is 0 Å². The Bertz CT molecular complexity index is 675. The van der Waals surface area contributed by atoms with E-state index < -0.39 is 12.0 Å². The fraction of sp³-hybridized carbons (Fsp3) is 0.619. The Morgan fingerprint density at radius 2 is 1.89 bits per heavy atom. The van der Waals surface area contributed by atoms with Gasteiger partial charge in [0.25, 0.3) is 0 Å². The number of carbonyl (C=O) groups excluding carboxylic acids is 1. The van der Waals surface area contributed by atoms with Crippen molar-refractivity contribution in [2.45, 2.75) is 44.8 Å². The van der Waals surface area contributed by atoms with Crippen LogP contribution in [-0.2, 0) is 16.1 Å². The average molecular weight is 389 g/mol. The molecule has 7 nitrogen and oxygen atoms in total. The van der Waals surface area contributed by atoms with Crippen molar-refractivity contribution in [3.8, 4) is 5.75 Å². The molecule has 2 fully saturated rings. The number of ether oxygens (including phenoxy) is 1. The lowest BCUT2D eigenvalue weighted by atomic mass is 10.2. The number of hydrogen-bond donors (Lipinski definition) is 1. The maximum Gasteiger partial charge on any atom is 0.320 e. The molecule has 1 aromatic carbocycles. The summed E-state index contributed by atoms with van der Waals surface area (Å²) in [7, 11) is 1.66. The number of aliphatic carboxylic acids is 1. The van der Waals surface area contributed by atoms with Crippen LogP contribution in [0.3, 0.4) is 0 Å². The Morgan fingerprint density at radius 3 is 2.50 bits per heavy atom. The molecule has 0 spiro atoms. The molecule has 3 rings (SSSR count). The van der Waals surface area contributed by atoms with Crippen LogP contribution in [0.1, 0.15) is 31.7 Å². The smallest absolute Gasteiger partial charge is 0.320 e. The van der Waals surface area contributed by atoms with Crippen molar-refractivity contribution in [1.82, 2.24) is 14.7 Å². The lowest BCUT2D eigenvalue weighted by Gasteiger charge is -2.29. The highest BCUT2D eigenvalue weighted by Gasteiger charge is 2.37. The highest BCUT2D eigenvalue weighted by molar-refractivity contribution is 5.80. The van der Waals surface area contributed by atoms with E-state index in [1.807, 2.05) is 21.9 Å². The minimum Gasteiger partial charge on any atom is -0.497 e. The van der Waals surface area contributed by atoms with Gasteiger partial charge in [0.15, 0.2) is 0 Å². The largest absolute Gasteiger partial charge is 0.497 e. The Kier molecular flexibility index (Phi) is 6.91. The third-order valence-electron chi connectivity index (χ3n) is 5.70. The van der Waals surface area contributed by atoms with Gasteiger partial charge in [-0.3, -0.25) is 19.4 Å². The number of carboxylic acid groups (broad SMARTS) is 1. The van der Waals surface area contributed by atoms with Crippen LogP contribution in [0, 0.1) is 0 Å². The van der Waals surface area contributed by atoms with Crippen LogP contribution >= 0.6 is 0 Å². The third-order valence-corrected chi connectivity index (χ3v) is 5.70. The number of rotatable bonds is 8. The zero-order chi connectivity index (χ0) is 20.1. The molecular weight excluding hydrogens is 358 g/mol. The molecule has 1 aliphatic carbocycles. The predicted molar refractivity (Wildman–Crippen MR) is 106 cm³/mol. The van der Waals surface area contributed by atoms with E-state index in [4.69, 9.17) is 4.74 Å². The monoisotopic (exact) mass is 389 g/mol. The molecule has 1 atom stereocenters. The summed E-state index contributed by atoms with van der Waals surface area (Å²) in [4.78, 5) is 30.3. The van der Waals surface area contributed by atoms with Crippen molar-refractivity contribution in [2.24, 2.45) is 0 Å². The van der Waals surface area contributed by atoms with Crippen molar-refractivity contribution in [3.63, 3.8) is 0 Å². The molecule has 1 heterocycles. The van der Waals surface area contributed by atoms with Crippen molar-refractivity contribution < 1.29 is 19.4 Å². The molecule has 0 bridgehead atoms. The molecule has 1 amide bonds. The Hall–Kier alpha value is -2.12. The molecule has 1 aromatic rings. The molecule has 1 saturated heterocycles. The molecule has 0 radical (unpaired) electrons. The summed E-state index contributed by atoms with van der Waals surface area (Å²) in [5, 5.41) is 9.32. The molecule has 1 aliphatic heterocycles. The lowest BCUT2D eigenvalue weighted by molar-refractivity contribution is -0.144. The Balaban J connectivity index is 1.52. The van der Waals surface area contributed by atoms with Crippen molar-refractivity contribution >= 4 is 11.9 Å². The van der Waals surface area contributed by atoms with E-state index in [-0.39, 0.29) is 18.5 Å². The predicted octanol–water partition coefficient (Wildman–Crippen LogP) is 1.67. The molecule has 1 N–H and O–H groups in total. The van der Waals surface area contributed by atoms with Gasteiger partial charge in [0.1, 0.15) is 11.8 Å². The fourth-order valence-corrected chi connectivity index (χ4v) is 3.75. The van der Waals surface area contributed by atoms with Crippen molar-refractivity contribution in [2.75, 3.05) is 39.8 Å². The van der Waals surface area contributed by atoms with E-state index in [0.29, 0.717) is 6.54 Å². The molecule has 2 aliphatic rings. The summed E-state index contributed by atoms with van der Waals surface area (Å²) in [6.07, 6.45) is 2.90. The van der Waals surface area contributed by atoms with Gasteiger partial charge in [-0.1, -0.05) is 12.1 Å². The van der Waals surface area contributed by atoms with Crippen LogP contribution in [-0.4, -0.2) is 83.6 Å². The second-order valence-corrected chi connectivity index (χ2v) is 7.78. The van der Waals surface area contributed by atoms with Crippen LogP contribution in [0.5, 0.6) is 5.75 Å². The molecular formula is C21H31N3O4. The Labute approximate surface area is 166 Å². The van der Waals surface area contributed by atoms with Gasteiger partial charge in [0, 0.05) is 38.8 Å². The SMILES string of the molecule is COc1ccc(CN2CCCN(C(=O)CN(C3CC3)C(C)C(=O)O)CC2)cc1. The van der Waals surface area contributed by atoms with Crippen LogP contribution in [0.2, 0.25) is 0 Å². The first-order valence-electron chi connectivity index (χ1n) is 10.1. The zero-order valence-corrected chi connectivity index (χ0v) is 16.8. The normalized spacial score (nSPS) is 19.3. The number of hydrogen-bond acceptors (Lipinski definition) is 5. The highest BCUT2D eigenvalue weighted by Crippen LogP contribution is 2.28. The molecule has 154 valence electrons. The van der Waals surface area contributed by atoms with E-state index in [1.54, 1.807) is 14.0 Å². The van der Waals surface area contributed by atoms with Gasteiger partial charge in [0.2, 0.25) is 5.91 Å². The van der Waals surface area contributed by atoms with E-state index in [9.17, 15) is 14.7 Å². The summed E-state index contributed by atoms with van der Waals surface area (Å²) < 4.78 is 5.21. The number of carboxylic acids is 1. The minimum atomic E-state index is -0.860. The average Bonchev–Trinajstić information content (AvgIpc) is 3.53. The molecule has 0 aromatic heterocycles. The van der Waals surface area contributed by atoms with Crippen LogP contribution in [0.25, 0.3) is 0 Å². The first-order chi connectivity index (χ1) is 13.5.